The lowest BCUT2D eigenvalue weighted by Crippen LogP contribution is -2.24. The minimum absolute atomic E-state index is 0.773. The van der Waals surface area contributed by atoms with E-state index in [-0.39, 0.29) is 0 Å². The van der Waals surface area contributed by atoms with Crippen LogP contribution in [-0.2, 0) is 4.84 Å². The van der Waals surface area contributed by atoms with Gasteiger partial charge in [-0.15, -0.1) is 0 Å². The van der Waals surface area contributed by atoms with Crippen LogP contribution in [0.3, 0.4) is 0 Å². The van der Waals surface area contributed by atoms with Crippen LogP contribution in [0.1, 0.15) is 6.42 Å². The highest BCUT2D eigenvalue weighted by Crippen LogP contribution is 2.37. The predicted molar refractivity (Wildman–Crippen MR) is 48.1 cm³/mol. The van der Waals surface area contributed by atoms with Gasteiger partial charge < -0.3 is 4.84 Å². The van der Waals surface area contributed by atoms with E-state index in [1.54, 1.807) is 7.11 Å². The van der Waals surface area contributed by atoms with Crippen molar-refractivity contribution in [3.05, 3.63) is 0 Å². The molecule has 0 N–H and O–H groups in total. The molecule has 10 heavy (non-hydrogen) atoms. The molecule has 0 aromatic rings. The molecule has 1 heterocycles. The molecular weight excluding hydrogens is 166 g/mol. The molecule has 60 valence electrons. The van der Waals surface area contributed by atoms with Crippen LogP contribution in [0.25, 0.3) is 0 Å². The quantitative estimate of drug-likeness (QED) is 0.482. The van der Waals surface area contributed by atoms with Crippen molar-refractivity contribution in [2.75, 3.05) is 26.5 Å². The van der Waals surface area contributed by atoms with Crippen LogP contribution < -0.4 is 0 Å². The zero-order valence-electron chi connectivity index (χ0n) is 6.37. The van der Waals surface area contributed by atoms with Crippen LogP contribution in [0.5, 0.6) is 0 Å². The second-order valence-electron chi connectivity index (χ2n) is 2.32. The van der Waals surface area contributed by atoms with E-state index in [0.717, 1.165) is 11.8 Å². The fraction of sp³-hybridized carbons (Fsp3) is 1.00. The van der Waals surface area contributed by atoms with Crippen molar-refractivity contribution in [2.45, 2.75) is 11.7 Å². The Labute approximate surface area is 70.0 Å². The summed E-state index contributed by atoms with van der Waals surface area (Å²) in [6.45, 7) is 1.05. The normalized spacial score (nSPS) is 26.1. The van der Waals surface area contributed by atoms with Gasteiger partial charge in [0, 0.05) is 24.6 Å². The topological polar surface area (TPSA) is 12.5 Å². The molecule has 1 saturated heterocycles. The van der Waals surface area contributed by atoms with Gasteiger partial charge in [0.05, 0.1) is 7.11 Å². The molecule has 0 radical (unpaired) electrons. The van der Waals surface area contributed by atoms with Gasteiger partial charge in [0.2, 0.25) is 0 Å². The predicted octanol–water partition coefficient (Wildman–Crippen LogP) is 1.63. The fourth-order valence-corrected chi connectivity index (χ4v) is 3.78. The van der Waals surface area contributed by atoms with Crippen LogP contribution in [0.2, 0.25) is 0 Å². The Morgan fingerprint density at radius 3 is 3.00 bits per heavy atom. The summed E-state index contributed by atoms with van der Waals surface area (Å²) in [6, 6.07) is 0. The maximum Gasteiger partial charge on any atom is 0.0575 e. The molecule has 0 spiro atoms. The number of hydrogen-bond acceptors (Lipinski definition) is 4. The van der Waals surface area contributed by atoms with Crippen molar-refractivity contribution in [1.29, 1.82) is 0 Å². The first-order chi connectivity index (χ1) is 4.83. The Bertz CT molecular complexity index is 95.7. The third kappa shape index (κ3) is 2.70. The first-order valence-corrected chi connectivity index (χ1v) is 5.74. The highest BCUT2D eigenvalue weighted by molar-refractivity contribution is 8.77. The maximum absolute atomic E-state index is 5.02. The summed E-state index contributed by atoms with van der Waals surface area (Å²) >= 11 is 0. The molecule has 1 aliphatic heterocycles. The Morgan fingerprint density at radius 2 is 2.50 bits per heavy atom. The molecule has 0 bridgehead atoms. The van der Waals surface area contributed by atoms with Crippen LogP contribution in [0.4, 0.5) is 0 Å². The largest absolute Gasteiger partial charge is 0.303 e. The van der Waals surface area contributed by atoms with Crippen molar-refractivity contribution in [3.8, 4) is 0 Å². The summed E-state index contributed by atoms with van der Waals surface area (Å²) in [6.07, 6.45) is 1.32. The number of nitrogens with zero attached hydrogens (tertiary/aromatic N) is 1. The van der Waals surface area contributed by atoms with Gasteiger partial charge in [0.15, 0.2) is 0 Å². The smallest absolute Gasteiger partial charge is 0.0575 e. The lowest BCUT2D eigenvalue weighted by molar-refractivity contribution is -0.108. The summed E-state index contributed by atoms with van der Waals surface area (Å²) < 4.78 is 0. The Kier molecular flexibility index (Phi) is 3.91. The van der Waals surface area contributed by atoms with Gasteiger partial charge in [-0.05, 0) is 6.42 Å². The maximum atomic E-state index is 5.02. The van der Waals surface area contributed by atoms with Gasteiger partial charge in [-0.1, -0.05) is 21.6 Å². The first kappa shape index (κ1) is 8.71. The molecule has 4 heteroatoms. The monoisotopic (exact) mass is 179 g/mol. The molecule has 0 saturated carbocycles. The van der Waals surface area contributed by atoms with Gasteiger partial charge in [0.25, 0.3) is 0 Å². The Balaban J connectivity index is 2.11. The summed E-state index contributed by atoms with van der Waals surface area (Å²) in [7, 11) is 7.64. The lowest BCUT2D eigenvalue weighted by Gasteiger charge is -2.16. The van der Waals surface area contributed by atoms with Crippen LogP contribution in [0, 0.1) is 0 Å². The summed E-state index contributed by atoms with van der Waals surface area (Å²) in [5, 5.41) is 2.67. The van der Waals surface area contributed by atoms with E-state index >= 15 is 0 Å². The van der Waals surface area contributed by atoms with Crippen LogP contribution in [-0.4, -0.2) is 36.8 Å². The van der Waals surface area contributed by atoms with Gasteiger partial charge in [-0.25, -0.2) is 0 Å². The van der Waals surface area contributed by atoms with Crippen molar-refractivity contribution in [1.82, 2.24) is 5.06 Å². The zero-order chi connectivity index (χ0) is 7.40. The summed E-state index contributed by atoms with van der Waals surface area (Å²) in [5.41, 5.74) is 0. The third-order valence-electron chi connectivity index (χ3n) is 1.50. The van der Waals surface area contributed by atoms with E-state index in [4.69, 9.17) is 4.84 Å². The zero-order valence-corrected chi connectivity index (χ0v) is 8.00. The van der Waals surface area contributed by atoms with E-state index in [2.05, 4.69) is 0 Å². The summed E-state index contributed by atoms with van der Waals surface area (Å²) in [4.78, 5) is 5.02. The van der Waals surface area contributed by atoms with E-state index in [1.165, 1.54) is 12.2 Å². The van der Waals surface area contributed by atoms with Crippen molar-refractivity contribution in [3.63, 3.8) is 0 Å². The molecule has 1 atom stereocenters. The number of hydroxylamine groups is 2. The van der Waals surface area contributed by atoms with Crippen molar-refractivity contribution in [2.24, 2.45) is 0 Å². The molecule has 0 aliphatic carbocycles. The number of hydrogen-bond donors (Lipinski definition) is 0. The Morgan fingerprint density at radius 1 is 1.70 bits per heavy atom. The van der Waals surface area contributed by atoms with Gasteiger partial charge in [-0.3, -0.25) is 0 Å². The average Bonchev–Trinajstić information content (AvgIpc) is 2.40. The number of rotatable bonds is 3. The molecule has 0 aromatic heterocycles. The second kappa shape index (κ2) is 4.49. The van der Waals surface area contributed by atoms with Crippen molar-refractivity contribution >= 4 is 21.6 Å². The minimum atomic E-state index is 0.773. The van der Waals surface area contributed by atoms with Crippen LogP contribution >= 0.6 is 21.6 Å². The molecule has 1 rings (SSSR count). The van der Waals surface area contributed by atoms with E-state index in [1.807, 2.05) is 33.7 Å². The highest BCUT2D eigenvalue weighted by Gasteiger charge is 2.17. The van der Waals surface area contributed by atoms with E-state index in [0.29, 0.717) is 0 Å². The SMILES string of the molecule is CON(C)CC1CCSS1. The molecule has 0 amide bonds. The second-order valence-corrected chi connectivity index (χ2v) is 5.11. The van der Waals surface area contributed by atoms with E-state index < -0.39 is 0 Å². The molecule has 1 fully saturated rings. The fourth-order valence-electron chi connectivity index (χ4n) is 0.855. The van der Waals surface area contributed by atoms with Gasteiger partial charge >= 0.3 is 0 Å². The van der Waals surface area contributed by atoms with Gasteiger partial charge in [0.1, 0.15) is 0 Å². The molecule has 1 aliphatic rings. The first-order valence-electron chi connectivity index (χ1n) is 3.36. The standard InChI is InChI=1S/C6H13NOS2/c1-7(8-2)5-6-3-4-9-10-6/h6H,3-5H2,1-2H3. The Hall–Kier alpha value is 0.620. The highest BCUT2D eigenvalue weighted by atomic mass is 33.1. The lowest BCUT2D eigenvalue weighted by atomic mass is 10.3. The molecule has 1 unspecified atom stereocenters. The summed E-state index contributed by atoms with van der Waals surface area (Å²) in [5.74, 6) is 1.30. The molecular formula is C6H13NOS2. The average molecular weight is 179 g/mol. The van der Waals surface area contributed by atoms with E-state index in [9.17, 15) is 0 Å². The van der Waals surface area contributed by atoms with Crippen molar-refractivity contribution < 1.29 is 4.84 Å². The molecule has 2 nitrogen and oxygen atoms in total. The van der Waals surface area contributed by atoms with Crippen LogP contribution in [0.15, 0.2) is 0 Å². The van der Waals surface area contributed by atoms with Gasteiger partial charge in [-0.2, -0.15) is 5.06 Å². The third-order valence-corrected chi connectivity index (χ3v) is 4.42. The minimum Gasteiger partial charge on any atom is -0.303 e. The molecule has 0 aromatic carbocycles.